The number of rotatable bonds is 8. The Kier molecular flexibility index (Phi) is 8.52. The quantitative estimate of drug-likeness (QED) is 0.296. The van der Waals surface area contributed by atoms with Gasteiger partial charge >= 0.3 is 11.9 Å². The fraction of sp³-hybridized carbons (Fsp3) is 0.667. The lowest BCUT2D eigenvalue weighted by Gasteiger charge is -2.21. The molecule has 0 aromatic heterocycles. The Morgan fingerprint density at radius 1 is 1.10 bits per heavy atom. The van der Waals surface area contributed by atoms with Crippen molar-refractivity contribution in [1.29, 1.82) is 0 Å². The van der Waals surface area contributed by atoms with Crippen molar-refractivity contribution in [3.8, 4) is 0 Å². The van der Waals surface area contributed by atoms with Crippen LogP contribution in [0.1, 0.15) is 40.0 Å². The number of hydrogen-bond donors (Lipinski definition) is 0. The summed E-state index contributed by atoms with van der Waals surface area (Å²) >= 11 is 0. The number of carbonyl (C=O) groups excluding carboxylic acids is 3. The van der Waals surface area contributed by atoms with Gasteiger partial charge in [0.15, 0.2) is 11.7 Å². The zero-order valence-electron chi connectivity index (χ0n) is 12.9. The van der Waals surface area contributed by atoms with Crippen molar-refractivity contribution in [2.45, 2.75) is 40.0 Å². The Bertz CT molecular complexity index is 368. The number of ether oxygens (including phenoxy) is 2. The summed E-state index contributed by atoms with van der Waals surface area (Å²) in [5, 5.41) is 0. The van der Waals surface area contributed by atoms with Crippen molar-refractivity contribution in [2.75, 3.05) is 14.2 Å². The topological polar surface area (TPSA) is 69.7 Å². The van der Waals surface area contributed by atoms with Gasteiger partial charge in [-0.1, -0.05) is 32.8 Å². The molecular formula is C15H24O5. The molecule has 1 unspecified atom stereocenters. The van der Waals surface area contributed by atoms with Gasteiger partial charge in [-0.2, -0.15) is 0 Å². The highest BCUT2D eigenvalue weighted by molar-refractivity contribution is 6.00. The maximum Gasteiger partial charge on any atom is 0.320 e. The zero-order chi connectivity index (χ0) is 15.7. The van der Waals surface area contributed by atoms with Crippen LogP contribution in [-0.2, 0) is 23.9 Å². The fourth-order valence-corrected chi connectivity index (χ4v) is 2.05. The molecule has 0 spiro atoms. The summed E-state index contributed by atoms with van der Waals surface area (Å²) in [5.41, 5.74) is 0.472. The van der Waals surface area contributed by atoms with Crippen LogP contribution < -0.4 is 0 Å². The number of methoxy groups -OCH3 is 2. The summed E-state index contributed by atoms with van der Waals surface area (Å²) in [7, 11) is 2.42. The highest BCUT2D eigenvalue weighted by atomic mass is 16.5. The lowest BCUT2D eigenvalue weighted by Crippen LogP contribution is -2.34. The summed E-state index contributed by atoms with van der Waals surface area (Å²) in [6.45, 7) is 5.15. The van der Waals surface area contributed by atoms with Gasteiger partial charge in [0.25, 0.3) is 0 Å². The SMILES string of the molecule is CCCC/C=C(\C(C)=O)C(C)C(C(=O)OC)C(=O)OC. The Hall–Kier alpha value is -1.65. The average molecular weight is 284 g/mol. The van der Waals surface area contributed by atoms with E-state index < -0.39 is 23.8 Å². The molecule has 0 fully saturated rings. The molecule has 0 saturated carbocycles. The van der Waals surface area contributed by atoms with Crippen LogP contribution in [0.25, 0.3) is 0 Å². The van der Waals surface area contributed by atoms with Gasteiger partial charge in [0.05, 0.1) is 14.2 Å². The standard InChI is InChI=1S/C15H24O5/c1-6-7-8-9-12(11(3)16)10(2)13(14(17)19-4)15(18)20-5/h9-10,13H,6-8H2,1-5H3/b12-9-. The smallest absolute Gasteiger partial charge is 0.320 e. The van der Waals surface area contributed by atoms with Crippen LogP contribution >= 0.6 is 0 Å². The van der Waals surface area contributed by atoms with Gasteiger partial charge in [-0.15, -0.1) is 0 Å². The van der Waals surface area contributed by atoms with E-state index in [0.29, 0.717) is 5.57 Å². The first-order valence-electron chi connectivity index (χ1n) is 6.77. The maximum absolute atomic E-state index is 11.7. The molecule has 0 saturated heterocycles. The molecule has 0 radical (unpaired) electrons. The van der Waals surface area contributed by atoms with Crippen molar-refractivity contribution in [3.05, 3.63) is 11.6 Å². The van der Waals surface area contributed by atoms with E-state index in [1.165, 1.54) is 21.1 Å². The molecule has 20 heavy (non-hydrogen) atoms. The number of ketones is 1. The Morgan fingerprint density at radius 3 is 1.95 bits per heavy atom. The number of carbonyl (C=O) groups is 3. The summed E-state index contributed by atoms with van der Waals surface area (Å²) < 4.78 is 9.27. The summed E-state index contributed by atoms with van der Waals surface area (Å²) in [5.74, 6) is -3.20. The number of hydrogen-bond acceptors (Lipinski definition) is 5. The maximum atomic E-state index is 11.7. The first kappa shape index (κ1) is 18.4. The van der Waals surface area contributed by atoms with E-state index in [2.05, 4.69) is 16.4 Å². The van der Waals surface area contributed by atoms with E-state index in [-0.39, 0.29) is 5.78 Å². The second-order valence-corrected chi connectivity index (χ2v) is 4.67. The lowest BCUT2D eigenvalue weighted by atomic mass is 9.84. The molecule has 1 atom stereocenters. The third kappa shape index (κ3) is 5.15. The molecular weight excluding hydrogens is 260 g/mol. The monoisotopic (exact) mass is 284 g/mol. The number of Topliss-reactive ketones (excluding diaryl/α,β-unsaturated/α-hetero) is 1. The molecule has 0 aromatic carbocycles. The molecule has 0 aliphatic rings. The van der Waals surface area contributed by atoms with Gasteiger partial charge in [0, 0.05) is 5.92 Å². The van der Waals surface area contributed by atoms with Gasteiger partial charge in [-0.25, -0.2) is 0 Å². The molecule has 0 amide bonds. The predicted octanol–water partition coefficient (Wildman–Crippen LogP) is 2.29. The zero-order valence-corrected chi connectivity index (χ0v) is 12.9. The van der Waals surface area contributed by atoms with Crippen LogP contribution in [0.2, 0.25) is 0 Å². The van der Waals surface area contributed by atoms with Crippen LogP contribution in [0.5, 0.6) is 0 Å². The molecule has 0 N–H and O–H groups in total. The van der Waals surface area contributed by atoms with Crippen LogP contribution in [-0.4, -0.2) is 31.9 Å². The van der Waals surface area contributed by atoms with Crippen molar-refractivity contribution in [2.24, 2.45) is 11.8 Å². The lowest BCUT2D eigenvalue weighted by molar-refractivity contribution is -0.160. The van der Waals surface area contributed by atoms with Crippen LogP contribution in [0.4, 0.5) is 0 Å². The molecule has 5 heteroatoms. The van der Waals surface area contributed by atoms with Crippen molar-refractivity contribution in [1.82, 2.24) is 0 Å². The second-order valence-electron chi connectivity index (χ2n) is 4.67. The van der Waals surface area contributed by atoms with Gasteiger partial charge in [0.2, 0.25) is 0 Å². The molecule has 0 rings (SSSR count). The molecule has 5 nitrogen and oxygen atoms in total. The summed E-state index contributed by atoms with van der Waals surface area (Å²) in [6.07, 6.45) is 4.50. The van der Waals surface area contributed by atoms with Gasteiger partial charge in [-0.05, 0) is 18.9 Å². The molecule has 0 heterocycles. The highest BCUT2D eigenvalue weighted by Crippen LogP contribution is 2.25. The summed E-state index contributed by atoms with van der Waals surface area (Å²) in [6, 6.07) is 0. The molecule has 0 aliphatic carbocycles. The predicted molar refractivity (Wildman–Crippen MR) is 75.0 cm³/mol. The Morgan fingerprint density at radius 2 is 1.60 bits per heavy atom. The minimum atomic E-state index is -1.11. The number of esters is 2. The molecule has 0 aliphatic heterocycles. The van der Waals surface area contributed by atoms with Crippen molar-refractivity contribution >= 4 is 17.7 Å². The van der Waals surface area contributed by atoms with Gasteiger partial charge < -0.3 is 9.47 Å². The third-order valence-corrected chi connectivity index (χ3v) is 3.23. The number of unbranched alkanes of at least 4 members (excludes halogenated alkanes) is 2. The molecule has 0 aromatic rings. The van der Waals surface area contributed by atoms with Gasteiger partial charge in [-0.3, -0.25) is 14.4 Å². The van der Waals surface area contributed by atoms with E-state index in [1.54, 1.807) is 13.0 Å². The van der Waals surface area contributed by atoms with Crippen molar-refractivity contribution in [3.63, 3.8) is 0 Å². The van der Waals surface area contributed by atoms with E-state index >= 15 is 0 Å². The van der Waals surface area contributed by atoms with E-state index in [0.717, 1.165) is 19.3 Å². The minimum Gasteiger partial charge on any atom is -0.468 e. The normalized spacial score (nSPS) is 13.0. The van der Waals surface area contributed by atoms with E-state index in [9.17, 15) is 14.4 Å². The fourth-order valence-electron chi connectivity index (χ4n) is 2.05. The van der Waals surface area contributed by atoms with Crippen LogP contribution in [0.3, 0.4) is 0 Å². The molecule has 0 bridgehead atoms. The Labute approximate surface area is 120 Å². The van der Waals surface area contributed by atoms with Gasteiger partial charge in [0.1, 0.15) is 0 Å². The number of allylic oxidation sites excluding steroid dienone is 2. The third-order valence-electron chi connectivity index (χ3n) is 3.23. The summed E-state index contributed by atoms with van der Waals surface area (Å²) in [4.78, 5) is 35.2. The molecule has 114 valence electrons. The van der Waals surface area contributed by atoms with Crippen LogP contribution in [0, 0.1) is 11.8 Å². The first-order chi connectivity index (χ1) is 9.40. The van der Waals surface area contributed by atoms with E-state index in [4.69, 9.17) is 0 Å². The van der Waals surface area contributed by atoms with Crippen LogP contribution in [0.15, 0.2) is 11.6 Å². The Balaban J connectivity index is 5.30. The average Bonchev–Trinajstić information content (AvgIpc) is 2.42. The first-order valence-corrected chi connectivity index (χ1v) is 6.77. The largest absolute Gasteiger partial charge is 0.468 e. The van der Waals surface area contributed by atoms with Crippen molar-refractivity contribution < 1.29 is 23.9 Å². The van der Waals surface area contributed by atoms with E-state index in [1.807, 2.05) is 0 Å². The second kappa shape index (κ2) is 9.28. The highest BCUT2D eigenvalue weighted by Gasteiger charge is 2.37. The minimum absolute atomic E-state index is 0.147.